The minimum Gasteiger partial charge on any atom is -0.325 e. The number of halogens is 3. The fourth-order valence-corrected chi connectivity index (χ4v) is 2.29. The van der Waals surface area contributed by atoms with Gasteiger partial charge in [-0.05, 0) is 44.4 Å². The Kier molecular flexibility index (Phi) is 5.99. The predicted molar refractivity (Wildman–Crippen MR) is 93.0 cm³/mol. The van der Waals surface area contributed by atoms with Gasteiger partial charge in [-0.3, -0.25) is 9.59 Å². The van der Waals surface area contributed by atoms with Crippen LogP contribution in [0.25, 0.3) is 0 Å². The number of likely N-dealkylation sites (N-methyl/N-ethyl adjacent to an activating group) is 1. The first-order valence-corrected chi connectivity index (χ1v) is 7.69. The molecule has 0 atom stereocenters. The van der Waals surface area contributed by atoms with Crippen LogP contribution in [0.3, 0.4) is 0 Å². The van der Waals surface area contributed by atoms with E-state index in [1.807, 2.05) is 0 Å². The van der Waals surface area contributed by atoms with Crippen LogP contribution in [-0.4, -0.2) is 37.4 Å². The highest BCUT2D eigenvalue weighted by molar-refractivity contribution is 6.05. The Labute approximate surface area is 148 Å². The summed E-state index contributed by atoms with van der Waals surface area (Å²) in [5, 5.41) is 5.07. The molecule has 0 aliphatic rings. The average molecular weight is 365 g/mol. The van der Waals surface area contributed by atoms with Gasteiger partial charge in [0, 0.05) is 11.4 Å². The van der Waals surface area contributed by atoms with Gasteiger partial charge in [0.1, 0.15) is 0 Å². The number of alkyl halides is 3. The lowest BCUT2D eigenvalue weighted by Gasteiger charge is -2.14. The summed E-state index contributed by atoms with van der Waals surface area (Å²) < 4.78 is 39.1. The van der Waals surface area contributed by atoms with Gasteiger partial charge in [0.15, 0.2) is 0 Å². The maximum Gasteiger partial charge on any atom is 0.417 e. The van der Waals surface area contributed by atoms with Crippen LogP contribution in [0.1, 0.15) is 15.9 Å². The molecule has 0 heterocycles. The number of nitrogens with one attached hydrogen (secondary N) is 2. The second-order valence-corrected chi connectivity index (χ2v) is 5.86. The lowest BCUT2D eigenvalue weighted by molar-refractivity contribution is -0.137. The number of carbonyl (C=O) groups excluding carboxylic acids is 2. The van der Waals surface area contributed by atoms with E-state index in [0.29, 0.717) is 5.69 Å². The van der Waals surface area contributed by atoms with Crippen LogP contribution in [0.5, 0.6) is 0 Å². The van der Waals surface area contributed by atoms with Crippen LogP contribution in [-0.2, 0) is 11.0 Å². The molecular formula is C18H18F3N3O2. The van der Waals surface area contributed by atoms with Crippen molar-refractivity contribution in [3.8, 4) is 0 Å². The molecule has 0 aliphatic heterocycles. The Morgan fingerprint density at radius 3 is 2.19 bits per heavy atom. The lowest BCUT2D eigenvalue weighted by atomic mass is 10.1. The standard InChI is InChI=1S/C18H18F3N3O2/c1-24(2)11-16(25)22-12-6-5-7-13(10-12)23-17(26)14-8-3-4-9-15(14)18(19,20)21/h3-10H,11H2,1-2H3,(H,22,25)(H,23,26). The van der Waals surface area contributed by atoms with Gasteiger partial charge in [0.05, 0.1) is 17.7 Å². The number of carbonyl (C=O) groups is 2. The first-order valence-electron chi connectivity index (χ1n) is 7.69. The van der Waals surface area contributed by atoms with Gasteiger partial charge in [0.2, 0.25) is 5.91 Å². The summed E-state index contributed by atoms with van der Waals surface area (Å²) in [6.45, 7) is 0.176. The summed E-state index contributed by atoms with van der Waals surface area (Å²) in [4.78, 5) is 25.7. The molecule has 0 aromatic heterocycles. The summed E-state index contributed by atoms with van der Waals surface area (Å²) >= 11 is 0. The number of hydrogen-bond acceptors (Lipinski definition) is 3. The van der Waals surface area contributed by atoms with Crippen LogP contribution in [0, 0.1) is 0 Å². The van der Waals surface area contributed by atoms with Gasteiger partial charge in [-0.25, -0.2) is 0 Å². The zero-order chi connectivity index (χ0) is 19.3. The Morgan fingerprint density at radius 2 is 1.58 bits per heavy atom. The second-order valence-electron chi connectivity index (χ2n) is 5.86. The van der Waals surface area contributed by atoms with Crippen molar-refractivity contribution >= 4 is 23.2 Å². The molecule has 5 nitrogen and oxygen atoms in total. The SMILES string of the molecule is CN(C)CC(=O)Nc1cccc(NC(=O)c2ccccc2C(F)(F)F)c1. The molecule has 8 heteroatoms. The highest BCUT2D eigenvalue weighted by Gasteiger charge is 2.34. The zero-order valence-corrected chi connectivity index (χ0v) is 14.2. The Hall–Kier alpha value is -2.87. The number of hydrogen-bond donors (Lipinski definition) is 2. The van der Waals surface area contributed by atoms with E-state index >= 15 is 0 Å². The minimum absolute atomic E-state index is 0.176. The summed E-state index contributed by atoms with van der Waals surface area (Å²) in [5.41, 5.74) is -0.775. The third-order valence-electron chi connectivity index (χ3n) is 3.34. The fraction of sp³-hybridized carbons (Fsp3) is 0.222. The van der Waals surface area contributed by atoms with E-state index in [9.17, 15) is 22.8 Å². The summed E-state index contributed by atoms with van der Waals surface area (Å²) in [5.74, 6) is -1.13. The number of rotatable bonds is 5. The van der Waals surface area contributed by atoms with Crippen molar-refractivity contribution in [2.45, 2.75) is 6.18 Å². The fourth-order valence-electron chi connectivity index (χ4n) is 2.29. The third-order valence-corrected chi connectivity index (χ3v) is 3.34. The lowest BCUT2D eigenvalue weighted by Crippen LogP contribution is -2.27. The minimum atomic E-state index is -4.63. The molecule has 26 heavy (non-hydrogen) atoms. The van der Waals surface area contributed by atoms with Gasteiger partial charge in [0.25, 0.3) is 5.91 Å². The van der Waals surface area contributed by atoms with Crippen molar-refractivity contribution in [1.29, 1.82) is 0 Å². The van der Waals surface area contributed by atoms with Gasteiger partial charge in [-0.2, -0.15) is 13.2 Å². The van der Waals surface area contributed by atoms with Crippen LogP contribution < -0.4 is 10.6 Å². The highest BCUT2D eigenvalue weighted by Crippen LogP contribution is 2.32. The topological polar surface area (TPSA) is 61.4 Å². The number of amides is 2. The van der Waals surface area contributed by atoms with Crippen molar-refractivity contribution in [2.24, 2.45) is 0 Å². The van der Waals surface area contributed by atoms with E-state index in [0.717, 1.165) is 12.1 Å². The maximum absolute atomic E-state index is 13.0. The summed E-state index contributed by atoms with van der Waals surface area (Å²) in [6.07, 6.45) is -4.63. The normalized spacial score (nSPS) is 11.3. The number of benzene rings is 2. The third kappa shape index (κ3) is 5.32. The molecule has 2 N–H and O–H groups in total. The molecular weight excluding hydrogens is 347 g/mol. The van der Waals surface area contributed by atoms with E-state index in [1.54, 1.807) is 31.1 Å². The molecule has 138 valence electrons. The Balaban J connectivity index is 2.16. The highest BCUT2D eigenvalue weighted by atomic mass is 19.4. The molecule has 0 radical (unpaired) electrons. The van der Waals surface area contributed by atoms with E-state index < -0.39 is 23.2 Å². The molecule has 0 saturated heterocycles. The molecule has 2 aromatic carbocycles. The van der Waals surface area contributed by atoms with Gasteiger partial charge < -0.3 is 15.5 Å². The van der Waals surface area contributed by atoms with Crippen LogP contribution in [0.4, 0.5) is 24.5 Å². The van der Waals surface area contributed by atoms with Crippen LogP contribution in [0.15, 0.2) is 48.5 Å². The van der Waals surface area contributed by atoms with Crippen molar-refractivity contribution in [3.05, 3.63) is 59.7 Å². The molecule has 0 bridgehead atoms. The molecule has 0 fully saturated rings. The zero-order valence-electron chi connectivity index (χ0n) is 14.2. The first-order chi connectivity index (χ1) is 12.2. The van der Waals surface area contributed by atoms with Crippen molar-refractivity contribution in [1.82, 2.24) is 4.90 Å². The molecule has 0 spiro atoms. The molecule has 0 aliphatic carbocycles. The van der Waals surface area contributed by atoms with Gasteiger partial charge in [-0.15, -0.1) is 0 Å². The molecule has 2 rings (SSSR count). The van der Waals surface area contributed by atoms with E-state index in [4.69, 9.17) is 0 Å². The van der Waals surface area contributed by atoms with Gasteiger partial charge >= 0.3 is 6.18 Å². The Bertz CT molecular complexity index is 804. The number of anilines is 2. The summed E-state index contributed by atoms with van der Waals surface area (Å²) in [6, 6.07) is 10.7. The first kappa shape index (κ1) is 19.5. The van der Waals surface area contributed by atoms with Gasteiger partial charge in [-0.1, -0.05) is 18.2 Å². The van der Waals surface area contributed by atoms with Crippen LogP contribution >= 0.6 is 0 Å². The van der Waals surface area contributed by atoms with E-state index in [-0.39, 0.29) is 18.1 Å². The molecule has 0 saturated carbocycles. The van der Waals surface area contributed by atoms with Crippen molar-refractivity contribution in [3.63, 3.8) is 0 Å². The van der Waals surface area contributed by atoms with Crippen LogP contribution in [0.2, 0.25) is 0 Å². The monoisotopic (exact) mass is 365 g/mol. The maximum atomic E-state index is 13.0. The second kappa shape index (κ2) is 8.01. The number of nitrogens with zero attached hydrogens (tertiary/aromatic N) is 1. The van der Waals surface area contributed by atoms with E-state index in [2.05, 4.69) is 10.6 Å². The molecule has 2 amide bonds. The smallest absolute Gasteiger partial charge is 0.325 e. The Morgan fingerprint density at radius 1 is 0.962 bits per heavy atom. The molecule has 2 aromatic rings. The summed E-state index contributed by atoms with van der Waals surface area (Å²) in [7, 11) is 3.49. The molecule has 0 unspecified atom stereocenters. The van der Waals surface area contributed by atoms with Crippen molar-refractivity contribution < 1.29 is 22.8 Å². The van der Waals surface area contributed by atoms with E-state index in [1.165, 1.54) is 24.3 Å². The predicted octanol–water partition coefficient (Wildman–Crippen LogP) is 3.46. The quantitative estimate of drug-likeness (QED) is 0.853. The van der Waals surface area contributed by atoms with Crippen molar-refractivity contribution in [2.75, 3.05) is 31.3 Å². The average Bonchev–Trinajstić information content (AvgIpc) is 2.53. The largest absolute Gasteiger partial charge is 0.417 e.